The molecule has 2 aromatic rings. The van der Waals surface area contributed by atoms with Crippen LogP contribution in [0.3, 0.4) is 0 Å². The van der Waals surface area contributed by atoms with Gasteiger partial charge in [-0.05, 0) is 23.8 Å². The highest BCUT2D eigenvalue weighted by molar-refractivity contribution is 5.68. The van der Waals surface area contributed by atoms with E-state index in [-0.39, 0.29) is 5.69 Å². The fourth-order valence-corrected chi connectivity index (χ4v) is 1.56. The van der Waals surface area contributed by atoms with Gasteiger partial charge in [-0.15, -0.1) is 0 Å². The molecular weight excluding hydrogens is 262 g/mol. The molecule has 0 radical (unpaired) electrons. The zero-order chi connectivity index (χ0) is 14.5. The molecule has 1 aromatic heterocycles. The Bertz CT molecular complexity index is 700. The number of rotatable bonds is 4. The number of nitro groups is 1. The van der Waals surface area contributed by atoms with Gasteiger partial charge in [0.25, 0.3) is 5.69 Å². The van der Waals surface area contributed by atoms with Crippen molar-refractivity contribution in [3.05, 3.63) is 68.3 Å². The average Bonchev–Trinajstić information content (AvgIpc) is 2.45. The van der Waals surface area contributed by atoms with Crippen LogP contribution < -0.4 is 10.4 Å². The fraction of sp³-hybridized carbons (Fsp3) is 0.0714. The normalized spacial score (nSPS) is 10.7. The third-order valence-electron chi connectivity index (χ3n) is 2.54. The number of nitro benzene ring substituents is 1. The van der Waals surface area contributed by atoms with Gasteiger partial charge < -0.3 is 9.15 Å². The molecule has 20 heavy (non-hydrogen) atoms. The molecule has 6 heteroatoms. The van der Waals surface area contributed by atoms with Gasteiger partial charge in [0.1, 0.15) is 11.5 Å². The average molecular weight is 273 g/mol. The number of methoxy groups -OCH3 is 1. The molecule has 6 nitrogen and oxygen atoms in total. The minimum absolute atomic E-state index is 0.0232. The molecule has 2 rings (SSSR count). The van der Waals surface area contributed by atoms with Gasteiger partial charge in [0.15, 0.2) is 0 Å². The van der Waals surface area contributed by atoms with Crippen LogP contribution in [-0.4, -0.2) is 12.0 Å². The summed E-state index contributed by atoms with van der Waals surface area (Å²) in [5.74, 6) is 0.748. The molecule has 0 fully saturated rings. The predicted octanol–water partition coefficient (Wildman–Crippen LogP) is 2.73. The standard InChI is InChI=1S/C14H11NO5/c1-19-13-8-12(20-14(16)9-13)7-4-10-2-5-11(6-3-10)15(17)18/h2-9H,1H3/b7-4-. The van der Waals surface area contributed by atoms with E-state index in [1.54, 1.807) is 30.4 Å². The highest BCUT2D eigenvalue weighted by Gasteiger charge is 2.03. The Morgan fingerprint density at radius 1 is 1.20 bits per heavy atom. The van der Waals surface area contributed by atoms with Gasteiger partial charge in [-0.1, -0.05) is 6.08 Å². The van der Waals surface area contributed by atoms with Crippen LogP contribution in [0.1, 0.15) is 11.3 Å². The predicted molar refractivity (Wildman–Crippen MR) is 73.6 cm³/mol. The van der Waals surface area contributed by atoms with Gasteiger partial charge in [-0.3, -0.25) is 10.1 Å². The SMILES string of the molecule is COc1cc(/C=C\c2ccc([N+](=O)[O-])cc2)oc(=O)c1. The van der Waals surface area contributed by atoms with Crippen molar-refractivity contribution in [1.29, 1.82) is 0 Å². The van der Waals surface area contributed by atoms with Crippen molar-refractivity contribution >= 4 is 17.8 Å². The van der Waals surface area contributed by atoms with Crippen LogP contribution in [-0.2, 0) is 0 Å². The summed E-state index contributed by atoms with van der Waals surface area (Å²) in [4.78, 5) is 21.3. The lowest BCUT2D eigenvalue weighted by molar-refractivity contribution is -0.384. The van der Waals surface area contributed by atoms with E-state index in [2.05, 4.69) is 0 Å². The van der Waals surface area contributed by atoms with Gasteiger partial charge in [0.2, 0.25) is 0 Å². The molecule has 0 unspecified atom stereocenters. The van der Waals surface area contributed by atoms with E-state index in [9.17, 15) is 14.9 Å². The summed E-state index contributed by atoms with van der Waals surface area (Å²) in [6.45, 7) is 0. The van der Waals surface area contributed by atoms with Crippen LogP contribution in [0.25, 0.3) is 12.2 Å². The van der Waals surface area contributed by atoms with Crippen LogP contribution >= 0.6 is 0 Å². The number of benzene rings is 1. The molecule has 0 saturated heterocycles. The van der Waals surface area contributed by atoms with E-state index >= 15 is 0 Å². The molecule has 0 atom stereocenters. The summed E-state index contributed by atoms with van der Waals surface area (Å²) in [7, 11) is 1.46. The molecule has 0 amide bonds. The fourth-order valence-electron chi connectivity index (χ4n) is 1.56. The summed E-state index contributed by atoms with van der Waals surface area (Å²) in [5.41, 5.74) is 0.267. The maximum Gasteiger partial charge on any atom is 0.339 e. The van der Waals surface area contributed by atoms with Crippen molar-refractivity contribution in [3.8, 4) is 5.75 Å². The van der Waals surface area contributed by atoms with Crippen LogP contribution in [0.2, 0.25) is 0 Å². The first-order chi connectivity index (χ1) is 9.58. The molecule has 102 valence electrons. The molecule has 0 N–H and O–H groups in total. The molecule has 0 spiro atoms. The van der Waals surface area contributed by atoms with Crippen molar-refractivity contribution in [2.45, 2.75) is 0 Å². The van der Waals surface area contributed by atoms with Gasteiger partial charge in [-0.2, -0.15) is 0 Å². The zero-order valence-electron chi connectivity index (χ0n) is 10.6. The topological polar surface area (TPSA) is 82.6 Å². The minimum atomic E-state index is -0.507. The Labute approximate surface area is 114 Å². The Hall–Kier alpha value is -2.89. The highest BCUT2D eigenvalue weighted by Crippen LogP contribution is 2.15. The lowest BCUT2D eigenvalue weighted by Gasteiger charge is -1.99. The smallest absolute Gasteiger partial charge is 0.339 e. The Morgan fingerprint density at radius 3 is 2.50 bits per heavy atom. The molecule has 0 saturated carbocycles. The molecule has 0 aliphatic carbocycles. The van der Waals surface area contributed by atoms with Crippen LogP contribution in [0, 0.1) is 10.1 Å². The second-order valence-electron chi connectivity index (χ2n) is 3.90. The maximum atomic E-state index is 11.2. The maximum absolute atomic E-state index is 11.2. The Kier molecular flexibility index (Phi) is 3.95. The van der Waals surface area contributed by atoms with Crippen molar-refractivity contribution in [2.24, 2.45) is 0 Å². The lowest BCUT2D eigenvalue weighted by Crippen LogP contribution is -1.98. The van der Waals surface area contributed by atoms with E-state index in [1.165, 1.54) is 25.3 Å². The Balaban J connectivity index is 2.22. The third-order valence-corrected chi connectivity index (χ3v) is 2.54. The molecule has 1 heterocycles. The summed E-state index contributed by atoms with van der Waals surface area (Å²) in [6.07, 6.45) is 3.27. The minimum Gasteiger partial charge on any atom is -0.496 e. The highest BCUT2D eigenvalue weighted by atomic mass is 16.6. The van der Waals surface area contributed by atoms with Crippen LogP contribution in [0.15, 0.2) is 45.6 Å². The molecule has 0 aliphatic rings. The summed E-state index contributed by atoms with van der Waals surface area (Å²) in [6, 6.07) is 8.83. The second-order valence-corrected chi connectivity index (χ2v) is 3.90. The van der Waals surface area contributed by atoms with E-state index < -0.39 is 10.5 Å². The Morgan fingerprint density at radius 2 is 1.90 bits per heavy atom. The van der Waals surface area contributed by atoms with Crippen molar-refractivity contribution in [2.75, 3.05) is 7.11 Å². The van der Waals surface area contributed by atoms with Gasteiger partial charge in [0.05, 0.1) is 18.1 Å². The van der Waals surface area contributed by atoms with Crippen LogP contribution in [0.5, 0.6) is 5.75 Å². The largest absolute Gasteiger partial charge is 0.496 e. The van der Waals surface area contributed by atoms with Crippen molar-refractivity contribution in [3.63, 3.8) is 0 Å². The summed E-state index contributed by atoms with van der Waals surface area (Å²) < 4.78 is 9.93. The molecule has 1 aromatic carbocycles. The number of ether oxygens (including phenoxy) is 1. The first kappa shape index (κ1) is 13.5. The third kappa shape index (κ3) is 3.32. The summed E-state index contributed by atoms with van der Waals surface area (Å²) in [5, 5.41) is 10.5. The van der Waals surface area contributed by atoms with Crippen LogP contribution in [0.4, 0.5) is 5.69 Å². The molecular formula is C14H11NO5. The van der Waals surface area contributed by atoms with E-state index in [1.807, 2.05) is 0 Å². The summed E-state index contributed by atoms with van der Waals surface area (Å²) >= 11 is 0. The zero-order valence-corrected chi connectivity index (χ0v) is 10.6. The van der Waals surface area contributed by atoms with Gasteiger partial charge in [-0.25, -0.2) is 4.79 Å². The van der Waals surface area contributed by atoms with E-state index in [0.717, 1.165) is 5.56 Å². The molecule has 0 bridgehead atoms. The lowest BCUT2D eigenvalue weighted by atomic mass is 10.2. The van der Waals surface area contributed by atoms with Gasteiger partial charge in [0, 0.05) is 18.2 Å². The number of hydrogen-bond acceptors (Lipinski definition) is 5. The quantitative estimate of drug-likeness (QED) is 0.631. The second kappa shape index (κ2) is 5.83. The first-order valence-corrected chi connectivity index (χ1v) is 5.70. The van der Waals surface area contributed by atoms with E-state index in [0.29, 0.717) is 11.5 Å². The number of non-ortho nitro benzene ring substituents is 1. The molecule has 0 aliphatic heterocycles. The van der Waals surface area contributed by atoms with Gasteiger partial charge >= 0.3 is 5.63 Å². The van der Waals surface area contributed by atoms with Crippen molar-refractivity contribution in [1.82, 2.24) is 0 Å². The monoisotopic (exact) mass is 273 g/mol. The number of hydrogen-bond donors (Lipinski definition) is 0. The van der Waals surface area contributed by atoms with Crippen molar-refractivity contribution < 1.29 is 14.1 Å². The first-order valence-electron chi connectivity index (χ1n) is 5.70. The number of nitrogens with zero attached hydrogens (tertiary/aromatic N) is 1. The van der Waals surface area contributed by atoms with E-state index in [4.69, 9.17) is 9.15 Å².